The van der Waals surface area contributed by atoms with Crippen LogP contribution in [-0.2, 0) is 4.79 Å². The summed E-state index contributed by atoms with van der Waals surface area (Å²) in [6.45, 7) is 6.47. The van der Waals surface area contributed by atoms with E-state index in [1.165, 1.54) is 0 Å². The Morgan fingerprint density at radius 3 is 3.05 bits per heavy atom. The molecule has 1 saturated heterocycles. The largest absolute Gasteiger partial charge is 0.338 e. The van der Waals surface area contributed by atoms with E-state index in [1.54, 1.807) is 6.33 Å². The summed E-state index contributed by atoms with van der Waals surface area (Å²) in [5.74, 6) is 0.168. The monoisotopic (exact) mass is 272 g/mol. The van der Waals surface area contributed by atoms with Gasteiger partial charge < -0.3 is 14.8 Å². The van der Waals surface area contributed by atoms with Crippen molar-refractivity contribution in [2.24, 2.45) is 0 Å². The normalized spacial score (nSPS) is 21.1. The Hall–Kier alpha value is -1.88. The number of para-hydroxylation sites is 2. The average Bonchev–Trinajstić information content (AvgIpc) is 2.89. The van der Waals surface area contributed by atoms with E-state index in [4.69, 9.17) is 0 Å². The number of rotatable bonds is 2. The molecule has 0 saturated carbocycles. The maximum Gasteiger partial charge on any atom is 0.245 e. The fraction of sp³-hybridized carbons (Fsp3) is 0.467. The van der Waals surface area contributed by atoms with Crippen LogP contribution in [0.15, 0.2) is 30.6 Å². The van der Waals surface area contributed by atoms with E-state index in [0.29, 0.717) is 6.04 Å². The lowest BCUT2D eigenvalue weighted by Crippen LogP contribution is -2.52. The Balaban J connectivity index is 1.84. The van der Waals surface area contributed by atoms with Gasteiger partial charge in [0.1, 0.15) is 6.04 Å². The van der Waals surface area contributed by atoms with Gasteiger partial charge in [0.15, 0.2) is 0 Å². The predicted octanol–water partition coefficient (Wildman–Crippen LogP) is 1.42. The predicted molar refractivity (Wildman–Crippen MR) is 78.5 cm³/mol. The molecule has 2 aromatic rings. The number of carbonyl (C=O) groups excluding carboxylic acids is 1. The molecule has 1 aliphatic rings. The van der Waals surface area contributed by atoms with E-state index in [9.17, 15) is 4.79 Å². The molecule has 0 radical (unpaired) electrons. The van der Waals surface area contributed by atoms with Crippen LogP contribution in [0.2, 0.25) is 0 Å². The summed E-state index contributed by atoms with van der Waals surface area (Å²) in [4.78, 5) is 18.9. The second-order valence-corrected chi connectivity index (χ2v) is 5.46. The zero-order valence-electron chi connectivity index (χ0n) is 11.9. The van der Waals surface area contributed by atoms with Gasteiger partial charge in [-0.25, -0.2) is 4.98 Å². The van der Waals surface area contributed by atoms with Crippen LogP contribution in [0.25, 0.3) is 11.0 Å². The average molecular weight is 272 g/mol. The maximum absolute atomic E-state index is 12.6. The second kappa shape index (κ2) is 5.25. The molecule has 5 heteroatoms. The molecule has 0 aliphatic carbocycles. The third kappa shape index (κ3) is 2.29. The first kappa shape index (κ1) is 13.1. The molecule has 0 unspecified atom stereocenters. The molecule has 0 bridgehead atoms. The number of benzene rings is 1. The Labute approximate surface area is 118 Å². The van der Waals surface area contributed by atoms with E-state index in [2.05, 4.69) is 17.2 Å². The number of nitrogens with zero attached hydrogens (tertiary/aromatic N) is 3. The summed E-state index contributed by atoms with van der Waals surface area (Å²) in [7, 11) is 0. The van der Waals surface area contributed by atoms with E-state index < -0.39 is 0 Å². The van der Waals surface area contributed by atoms with Gasteiger partial charge in [0.25, 0.3) is 0 Å². The SMILES string of the molecule is C[C@@H]1CN(C(=O)[C@H](C)n2cnc3ccccc32)CCN1. The molecule has 2 heterocycles. The highest BCUT2D eigenvalue weighted by molar-refractivity contribution is 5.83. The molecule has 1 aliphatic heterocycles. The number of nitrogens with one attached hydrogen (secondary N) is 1. The standard InChI is InChI=1S/C15H20N4O/c1-11-9-18(8-7-16-11)15(20)12(2)19-10-17-13-5-3-4-6-14(13)19/h3-6,10-12,16H,7-9H2,1-2H3/t11-,12+/m1/s1. The minimum atomic E-state index is -0.215. The molecule has 3 rings (SSSR count). The van der Waals surface area contributed by atoms with E-state index >= 15 is 0 Å². The molecule has 0 spiro atoms. The summed E-state index contributed by atoms with van der Waals surface area (Å²) in [6.07, 6.45) is 1.76. The van der Waals surface area contributed by atoms with Crippen molar-refractivity contribution in [2.75, 3.05) is 19.6 Å². The van der Waals surface area contributed by atoms with E-state index in [-0.39, 0.29) is 11.9 Å². The highest BCUT2D eigenvalue weighted by atomic mass is 16.2. The minimum absolute atomic E-state index is 0.168. The Morgan fingerprint density at radius 2 is 2.25 bits per heavy atom. The number of carbonyl (C=O) groups is 1. The van der Waals surface area contributed by atoms with Crippen LogP contribution in [0.1, 0.15) is 19.9 Å². The first-order valence-electron chi connectivity index (χ1n) is 7.10. The van der Waals surface area contributed by atoms with Crippen molar-refractivity contribution < 1.29 is 4.79 Å². The molecule has 20 heavy (non-hydrogen) atoms. The number of hydrogen-bond acceptors (Lipinski definition) is 3. The highest BCUT2D eigenvalue weighted by Crippen LogP contribution is 2.19. The van der Waals surface area contributed by atoms with Gasteiger partial charge in [-0.1, -0.05) is 12.1 Å². The van der Waals surface area contributed by atoms with Gasteiger partial charge in [-0.3, -0.25) is 4.79 Å². The fourth-order valence-electron chi connectivity index (χ4n) is 2.80. The van der Waals surface area contributed by atoms with Gasteiger partial charge in [-0.2, -0.15) is 0 Å². The molecule has 2 atom stereocenters. The van der Waals surface area contributed by atoms with Crippen LogP contribution < -0.4 is 5.32 Å². The molecule has 1 amide bonds. The van der Waals surface area contributed by atoms with Crippen LogP contribution in [0.3, 0.4) is 0 Å². The van der Waals surface area contributed by atoms with Crippen molar-refractivity contribution in [1.82, 2.24) is 19.8 Å². The quantitative estimate of drug-likeness (QED) is 0.899. The van der Waals surface area contributed by atoms with Crippen LogP contribution >= 0.6 is 0 Å². The number of imidazole rings is 1. The molecule has 1 fully saturated rings. The summed E-state index contributed by atoms with van der Waals surface area (Å²) in [5.41, 5.74) is 1.94. The van der Waals surface area contributed by atoms with E-state index in [1.807, 2.05) is 40.7 Å². The first-order chi connectivity index (χ1) is 9.66. The van der Waals surface area contributed by atoms with Crippen molar-refractivity contribution in [1.29, 1.82) is 0 Å². The Morgan fingerprint density at radius 1 is 1.45 bits per heavy atom. The van der Waals surface area contributed by atoms with Gasteiger partial charge >= 0.3 is 0 Å². The van der Waals surface area contributed by atoms with Gasteiger partial charge in [0.2, 0.25) is 5.91 Å². The third-order valence-electron chi connectivity index (χ3n) is 3.94. The lowest BCUT2D eigenvalue weighted by molar-refractivity contribution is -0.135. The second-order valence-electron chi connectivity index (χ2n) is 5.46. The van der Waals surface area contributed by atoms with Crippen molar-refractivity contribution in [2.45, 2.75) is 25.9 Å². The summed E-state index contributed by atoms with van der Waals surface area (Å²) in [5, 5.41) is 3.36. The summed E-state index contributed by atoms with van der Waals surface area (Å²) >= 11 is 0. The van der Waals surface area contributed by atoms with E-state index in [0.717, 1.165) is 30.7 Å². The molecular weight excluding hydrogens is 252 g/mol. The number of amides is 1. The Bertz CT molecular complexity index is 621. The first-order valence-corrected chi connectivity index (χ1v) is 7.10. The molecule has 1 N–H and O–H groups in total. The number of fused-ring (bicyclic) bond motifs is 1. The van der Waals surface area contributed by atoms with Crippen molar-refractivity contribution in [3.05, 3.63) is 30.6 Å². The van der Waals surface area contributed by atoms with Gasteiger partial charge in [0, 0.05) is 25.7 Å². The molecule has 1 aromatic heterocycles. The summed E-state index contributed by atoms with van der Waals surface area (Å²) in [6, 6.07) is 8.06. The lowest BCUT2D eigenvalue weighted by Gasteiger charge is -2.33. The van der Waals surface area contributed by atoms with Crippen molar-refractivity contribution in [3.63, 3.8) is 0 Å². The van der Waals surface area contributed by atoms with Gasteiger partial charge in [-0.05, 0) is 26.0 Å². The van der Waals surface area contributed by atoms with Crippen LogP contribution in [0.4, 0.5) is 0 Å². The van der Waals surface area contributed by atoms with Crippen molar-refractivity contribution in [3.8, 4) is 0 Å². The molecule has 1 aromatic carbocycles. The zero-order chi connectivity index (χ0) is 14.1. The minimum Gasteiger partial charge on any atom is -0.338 e. The van der Waals surface area contributed by atoms with Crippen LogP contribution in [0.5, 0.6) is 0 Å². The lowest BCUT2D eigenvalue weighted by atomic mass is 10.2. The van der Waals surface area contributed by atoms with Crippen molar-refractivity contribution >= 4 is 16.9 Å². The summed E-state index contributed by atoms with van der Waals surface area (Å²) < 4.78 is 1.96. The zero-order valence-corrected chi connectivity index (χ0v) is 11.9. The van der Waals surface area contributed by atoms with Crippen LogP contribution in [-0.4, -0.2) is 46.0 Å². The smallest absolute Gasteiger partial charge is 0.245 e. The molecule has 106 valence electrons. The maximum atomic E-state index is 12.6. The fourth-order valence-corrected chi connectivity index (χ4v) is 2.80. The Kier molecular flexibility index (Phi) is 3.44. The van der Waals surface area contributed by atoms with Gasteiger partial charge in [0.05, 0.1) is 17.4 Å². The number of hydrogen-bond donors (Lipinski definition) is 1. The number of aromatic nitrogens is 2. The molecular formula is C15H20N4O. The molecule has 5 nitrogen and oxygen atoms in total. The highest BCUT2D eigenvalue weighted by Gasteiger charge is 2.26. The van der Waals surface area contributed by atoms with Gasteiger partial charge in [-0.15, -0.1) is 0 Å². The van der Waals surface area contributed by atoms with Crippen LogP contribution in [0, 0.1) is 0 Å². The topological polar surface area (TPSA) is 50.2 Å². The number of piperazine rings is 1. The third-order valence-corrected chi connectivity index (χ3v) is 3.94.